The van der Waals surface area contributed by atoms with Crippen molar-refractivity contribution >= 4 is 27.5 Å². The number of anilines is 1. The van der Waals surface area contributed by atoms with E-state index in [0.29, 0.717) is 12.3 Å². The molecule has 112 valence electrons. The molecule has 0 aliphatic carbocycles. The Morgan fingerprint density at radius 1 is 1.14 bits per heavy atom. The van der Waals surface area contributed by atoms with Crippen molar-refractivity contribution in [3.8, 4) is 0 Å². The molecule has 0 aliphatic rings. The summed E-state index contributed by atoms with van der Waals surface area (Å²) in [5.74, 6) is 0. The van der Waals surface area contributed by atoms with Gasteiger partial charge in [0.1, 0.15) is 0 Å². The molecule has 0 atom stereocenters. The fourth-order valence-corrected chi connectivity index (χ4v) is 3.32. The van der Waals surface area contributed by atoms with Crippen molar-refractivity contribution in [1.29, 1.82) is 0 Å². The molecule has 0 aromatic heterocycles. The van der Waals surface area contributed by atoms with Gasteiger partial charge in [-0.2, -0.15) is 0 Å². The van der Waals surface area contributed by atoms with Gasteiger partial charge in [-0.15, -0.1) is 11.8 Å². The van der Waals surface area contributed by atoms with Crippen LogP contribution in [0.3, 0.4) is 0 Å². The summed E-state index contributed by atoms with van der Waals surface area (Å²) in [6.07, 6.45) is 1.95. The zero-order valence-electron chi connectivity index (χ0n) is 11.9. The molecule has 0 amide bonds. The van der Waals surface area contributed by atoms with Crippen LogP contribution < -0.4 is 4.72 Å². The molecule has 21 heavy (non-hydrogen) atoms. The number of thioether (sulfide) groups is 1. The van der Waals surface area contributed by atoms with E-state index in [2.05, 4.69) is 4.72 Å². The molecule has 0 fully saturated rings. The minimum atomic E-state index is -3.57. The first-order valence-electron chi connectivity index (χ1n) is 6.30. The van der Waals surface area contributed by atoms with Gasteiger partial charge < -0.3 is 4.74 Å². The van der Waals surface area contributed by atoms with Crippen molar-refractivity contribution in [2.45, 2.75) is 16.4 Å². The van der Waals surface area contributed by atoms with Crippen LogP contribution in [0.4, 0.5) is 5.69 Å². The lowest BCUT2D eigenvalue weighted by atomic mass is 10.2. The highest BCUT2D eigenvalue weighted by Gasteiger charge is 2.14. The van der Waals surface area contributed by atoms with E-state index in [1.165, 1.54) is 0 Å². The number of hydrogen-bond donors (Lipinski definition) is 1. The van der Waals surface area contributed by atoms with Crippen LogP contribution in [0.1, 0.15) is 5.56 Å². The number of rotatable bonds is 6. The van der Waals surface area contributed by atoms with Gasteiger partial charge in [-0.1, -0.05) is 12.1 Å². The van der Waals surface area contributed by atoms with E-state index >= 15 is 0 Å². The second kappa shape index (κ2) is 6.98. The third kappa shape index (κ3) is 4.23. The Morgan fingerprint density at radius 3 is 2.48 bits per heavy atom. The highest BCUT2D eigenvalue weighted by Crippen LogP contribution is 2.20. The van der Waals surface area contributed by atoms with Crippen molar-refractivity contribution < 1.29 is 13.2 Å². The maximum Gasteiger partial charge on any atom is 0.261 e. The van der Waals surface area contributed by atoms with Crippen LogP contribution in [0.15, 0.2) is 58.3 Å². The van der Waals surface area contributed by atoms with Crippen LogP contribution in [0.5, 0.6) is 0 Å². The van der Waals surface area contributed by atoms with Crippen molar-refractivity contribution in [2.75, 3.05) is 18.1 Å². The molecule has 4 nitrogen and oxygen atoms in total. The van der Waals surface area contributed by atoms with E-state index in [9.17, 15) is 8.42 Å². The molecule has 2 rings (SSSR count). The summed E-state index contributed by atoms with van der Waals surface area (Å²) in [5.41, 5.74) is 1.44. The summed E-state index contributed by atoms with van der Waals surface area (Å²) in [4.78, 5) is 1.27. The third-order valence-electron chi connectivity index (χ3n) is 2.86. The summed E-state index contributed by atoms with van der Waals surface area (Å²) in [7, 11) is -1.97. The van der Waals surface area contributed by atoms with Gasteiger partial charge in [0.05, 0.1) is 11.5 Å². The van der Waals surface area contributed by atoms with Crippen LogP contribution in [-0.4, -0.2) is 21.8 Å². The van der Waals surface area contributed by atoms with Crippen LogP contribution in [0, 0.1) is 0 Å². The number of ether oxygens (including phenoxy) is 1. The standard InChI is InChI=1S/C15H17NO3S2/c1-19-11-12-4-3-5-13(10-12)16-21(17,18)15-8-6-14(20-2)7-9-15/h3-10,16H,11H2,1-2H3. The van der Waals surface area contributed by atoms with Gasteiger partial charge in [0.25, 0.3) is 10.0 Å². The SMILES string of the molecule is COCc1cccc(NS(=O)(=O)c2ccc(SC)cc2)c1. The summed E-state index contributed by atoms with van der Waals surface area (Å²) in [6, 6.07) is 13.9. The number of nitrogens with one attached hydrogen (secondary N) is 1. The lowest BCUT2D eigenvalue weighted by Crippen LogP contribution is -2.13. The van der Waals surface area contributed by atoms with E-state index < -0.39 is 10.0 Å². The maximum absolute atomic E-state index is 12.3. The lowest BCUT2D eigenvalue weighted by Gasteiger charge is -2.10. The molecule has 6 heteroatoms. The van der Waals surface area contributed by atoms with Crippen LogP contribution in [0.2, 0.25) is 0 Å². The zero-order valence-corrected chi connectivity index (χ0v) is 13.5. The van der Waals surface area contributed by atoms with Gasteiger partial charge in [-0.3, -0.25) is 4.72 Å². The Bertz CT molecular complexity index is 697. The lowest BCUT2D eigenvalue weighted by molar-refractivity contribution is 0.185. The van der Waals surface area contributed by atoms with Crippen molar-refractivity contribution in [3.05, 3.63) is 54.1 Å². The quantitative estimate of drug-likeness (QED) is 0.828. The summed E-state index contributed by atoms with van der Waals surface area (Å²) in [5, 5.41) is 0. The normalized spacial score (nSPS) is 11.3. The topological polar surface area (TPSA) is 55.4 Å². The fraction of sp³-hybridized carbons (Fsp3) is 0.200. The van der Waals surface area contributed by atoms with E-state index in [-0.39, 0.29) is 4.90 Å². The molecular formula is C15H17NO3S2. The van der Waals surface area contributed by atoms with Gasteiger partial charge >= 0.3 is 0 Å². The van der Waals surface area contributed by atoms with E-state index in [4.69, 9.17) is 4.74 Å². The number of sulfonamides is 1. The van der Waals surface area contributed by atoms with Crippen molar-refractivity contribution in [2.24, 2.45) is 0 Å². The van der Waals surface area contributed by atoms with Gasteiger partial charge in [-0.05, 0) is 48.2 Å². The first kappa shape index (κ1) is 15.9. The average molecular weight is 323 g/mol. The monoisotopic (exact) mass is 323 g/mol. The van der Waals surface area contributed by atoms with Crippen molar-refractivity contribution in [1.82, 2.24) is 0 Å². The predicted octanol–water partition coefficient (Wildman–Crippen LogP) is 3.36. The van der Waals surface area contributed by atoms with Crippen LogP contribution in [0.25, 0.3) is 0 Å². The predicted molar refractivity (Wildman–Crippen MR) is 86.2 cm³/mol. The van der Waals surface area contributed by atoms with Gasteiger partial charge in [0.2, 0.25) is 0 Å². The van der Waals surface area contributed by atoms with Gasteiger partial charge in [0, 0.05) is 17.7 Å². The molecule has 0 unspecified atom stereocenters. The molecular weight excluding hydrogens is 306 g/mol. The Labute approximate surface area is 129 Å². The average Bonchev–Trinajstić information content (AvgIpc) is 2.47. The second-order valence-corrected chi connectivity index (χ2v) is 6.98. The molecule has 1 N–H and O–H groups in total. The first-order valence-corrected chi connectivity index (χ1v) is 9.01. The van der Waals surface area contributed by atoms with Crippen LogP contribution in [-0.2, 0) is 21.4 Å². The number of benzene rings is 2. The molecule has 0 aliphatic heterocycles. The molecule has 0 bridgehead atoms. The molecule has 0 radical (unpaired) electrons. The Morgan fingerprint density at radius 2 is 1.86 bits per heavy atom. The summed E-state index contributed by atoms with van der Waals surface area (Å²) in [6.45, 7) is 0.442. The summed E-state index contributed by atoms with van der Waals surface area (Å²) >= 11 is 1.57. The minimum Gasteiger partial charge on any atom is -0.380 e. The summed E-state index contributed by atoms with van der Waals surface area (Å²) < 4.78 is 32.3. The largest absolute Gasteiger partial charge is 0.380 e. The molecule has 0 saturated heterocycles. The van der Waals surface area contributed by atoms with E-state index in [0.717, 1.165) is 10.5 Å². The van der Waals surface area contributed by atoms with Gasteiger partial charge in [-0.25, -0.2) is 8.42 Å². The first-order chi connectivity index (χ1) is 10.0. The number of methoxy groups -OCH3 is 1. The van der Waals surface area contributed by atoms with Crippen molar-refractivity contribution in [3.63, 3.8) is 0 Å². The van der Waals surface area contributed by atoms with Gasteiger partial charge in [0.15, 0.2) is 0 Å². The van der Waals surface area contributed by atoms with E-state index in [1.807, 2.05) is 12.3 Å². The Kier molecular flexibility index (Phi) is 5.27. The molecule has 0 saturated carbocycles. The minimum absolute atomic E-state index is 0.248. The zero-order chi connectivity index (χ0) is 15.3. The smallest absolute Gasteiger partial charge is 0.261 e. The highest BCUT2D eigenvalue weighted by molar-refractivity contribution is 7.98. The van der Waals surface area contributed by atoms with E-state index in [1.54, 1.807) is 61.3 Å². The molecule has 0 heterocycles. The Hall–Kier alpha value is -1.50. The third-order valence-corrected chi connectivity index (χ3v) is 5.00. The van der Waals surface area contributed by atoms with Crippen LogP contribution >= 0.6 is 11.8 Å². The fourth-order valence-electron chi connectivity index (χ4n) is 1.86. The highest BCUT2D eigenvalue weighted by atomic mass is 32.2. The maximum atomic E-state index is 12.3. The molecule has 2 aromatic carbocycles. The Balaban J connectivity index is 2.21. The number of hydrogen-bond acceptors (Lipinski definition) is 4. The molecule has 0 spiro atoms. The second-order valence-electron chi connectivity index (χ2n) is 4.41. The molecule has 2 aromatic rings.